The summed E-state index contributed by atoms with van der Waals surface area (Å²) in [6, 6.07) is 0. The molecule has 0 fully saturated rings. The molecule has 6 heteroatoms. The van der Waals surface area contributed by atoms with E-state index in [1.165, 1.54) is 11.5 Å². The van der Waals surface area contributed by atoms with Crippen LogP contribution in [0.4, 0.5) is 0 Å². The van der Waals surface area contributed by atoms with Gasteiger partial charge in [0.2, 0.25) is 5.91 Å². The van der Waals surface area contributed by atoms with Crippen LogP contribution in [-0.2, 0) is 11.3 Å². The first-order chi connectivity index (χ1) is 7.63. The van der Waals surface area contributed by atoms with E-state index in [9.17, 15) is 4.79 Å². The van der Waals surface area contributed by atoms with Crippen molar-refractivity contribution in [3.05, 3.63) is 23.2 Å². The van der Waals surface area contributed by atoms with Gasteiger partial charge < -0.3 is 5.32 Å². The molecule has 0 aromatic carbocycles. The van der Waals surface area contributed by atoms with E-state index in [2.05, 4.69) is 21.5 Å². The van der Waals surface area contributed by atoms with E-state index in [-0.39, 0.29) is 5.91 Å². The normalized spacial score (nSPS) is 10.4. The summed E-state index contributed by atoms with van der Waals surface area (Å²) in [6.07, 6.45) is 1.66. The molecule has 0 saturated carbocycles. The third-order valence-electron chi connectivity index (χ3n) is 2.02. The number of hydrogen-bond acceptors (Lipinski definition) is 5. The highest BCUT2D eigenvalue weighted by Gasteiger charge is 2.09. The average Bonchev–Trinajstić information content (AvgIpc) is 2.61. The van der Waals surface area contributed by atoms with Crippen molar-refractivity contribution >= 4 is 17.4 Å². The van der Waals surface area contributed by atoms with Gasteiger partial charge in [0.25, 0.3) is 0 Å². The standard InChI is InChI=1S/C10H16N4OS/c1-4-5-11-10(15)7-14(3)6-9-8(2)12-13-16-9/h4H,1,5-7H2,2-3H3,(H,11,15). The summed E-state index contributed by atoms with van der Waals surface area (Å²) >= 11 is 1.37. The number of likely N-dealkylation sites (N-methyl/N-ethyl adjacent to an activating group) is 1. The monoisotopic (exact) mass is 240 g/mol. The number of nitrogens with one attached hydrogen (secondary N) is 1. The molecule has 16 heavy (non-hydrogen) atoms. The molecule has 0 saturated heterocycles. The van der Waals surface area contributed by atoms with Gasteiger partial charge in [0, 0.05) is 13.1 Å². The molecule has 0 radical (unpaired) electrons. The molecule has 0 atom stereocenters. The molecule has 0 unspecified atom stereocenters. The summed E-state index contributed by atoms with van der Waals surface area (Å²) in [4.78, 5) is 14.4. The van der Waals surface area contributed by atoms with Crippen LogP contribution >= 0.6 is 11.5 Å². The van der Waals surface area contributed by atoms with E-state index in [1.54, 1.807) is 6.08 Å². The second kappa shape index (κ2) is 6.34. The lowest BCUT2D eigenvalue weighted by Gasteiger charge is -2.14. The third-order valence-corrected chi connectivity index (χ3v) is 2.82. The first-order valence-electron chi connectivity index (χ1n) is 4.97. The molecule has 1 aromatic rings. The van der Waals surface area contributed by atoms with Crippen LogP contribution in [0.15, 0.2) is 12.7 Å². The minimum absolute atomic E-state index is 0.00229. The summed E-state index contributed by atoms with van der Waals surface area (Å²) in [5, 5.41) is 6.66. The lowest BCUT2D eigenvalue weighted by atomic mass is 10.3. The SMILES string of the molecule is C=CCNC(=O)CN(C)Cc1snnc1C. The van der Waals surface area contributed by atoms with Crippen molar-refractivity contribution in [2.24, 2.45) is 0 Å². The molecule has 0 aliphatic rings. The fourth-order valence-corrected chi connectivity index (χ4v) is 1.90. The fraction of sp³-hybridized carbons (Fsp3) is 0.500. The molecular weight excluding hydrogens is 224 g/mol. The van der Waals surface area contributed by atoms with Crippen molar-refractivity contribution in [2.45, 2.75) is 13.5 Å². The fourth-order valence-electron chi connectivity index (χ4n) is 1.18. The molecule has 1 N–H and O–H groups in total. The van der Waals surface area contributed by atoms with Gasteiger partial charge in [-0.1, -0.05) is 10.6 Å². The van der Waals surface area contributed by atoms with Crippen LogP contribution in [0.2, 0.25) is 0 Å². The summed E-state index contributed by atoms with van der Waals surface area (Å²) in [6.45, 7) is 7.04. The average molecular weight is 240 g/mol. The molecule has 1 rings (SSSR count). The maximum atomic E-state index is 11.4. The third kappa shape index (κ3) is 4.08. The Morgan fingerprint density at radius 2 is 2.44 bits per heavy atom. The molecule has 0 bridgehead atoms. The van der Waals surface area contributed by atoms with Crippen molar-refractivity contribution < 1.29 is 4.79 Å². The first-order valence-corrected chi connectivity index (χ1v) is 5.74. The number of carbonyl (C=O) groups is 1. The number of rotatable bonds is 6. The number of hydrogen-bond donors (Lipinski definition) is 1. The Balaban J connectivity index is 2.36. The molecular formula is C10H16N4OS. The quantitative estimate of drug-likeness (QED) is 0.739. The van der Waals surface area contributed by atoms with Crippen molar-refractivity contribution in [1.82, 2.24) is 19.8 Å². The Kier molecular flexibility index (Phi) is 5.07. The molecule has 88 valence electrons. The zero-order valence-electron chi connectivity index (χ0n) is 9.56. The van der Waals surface area contributed by atoms with Gasteiger partial charge in [-0.05, 0) is 25.5 Å². The van der Waals surface area contributed by atoms with E-state index < -0.39 is 0 Å². The van der Waals surface area contributed by atoms with E-state index >= 15 is 0 Å². The second-order valence-corrected chi connectivity index (χ2v) is 4.39. The summed E-state index contributed by atoms with van der Waals surface area (Å²) < 4.78 is 3.85. The molecule has 0 aliphatic heterocycles. The number of amides is 1. The van der Waals surface area contributed by atoms with Crippen molar-refractivity contribution in [2.75, 3.05) is 20.1 Å². The topological polar surface area (TPSA) is 58.1 Å². The van der Waals surface area contributed by atoms with Crippen LogP contribution in [0.1, 0.15) is 10.6 Å². The number of aromatic nitrogens is 2. The summed E-state index contributed by atoms with van der Waals surface area (Å²) in [5.41, 5.74) is 0.934. The molecule has 5 nitrogen and oxygen atoms in total. The van der Waals surface area contributed by atoms with Gasteiger partial charge in [0.1, 0.15) is 0 Å². The highest BCUT2D eigenvalue weighted by atomic mass is 32.1. The predicted octanol–water partition coefficient (Wildman–Crippen LogP) is 0.581. The highest BCUT2D eigenvalue weighted by Crippen LogP contribution is 2.10. The van der Waals surface area contributed by atoms with Crippen molar-refractivity contribution in [1.29, 1.82) is 0 Å². The van der Waals surface area contributed by atoms with Gasteiger partial charge in [-0.15, -0.1) is 11.7 Å². The van der Waals surface area contributed by atoms with E-state index in [0.717, 1.165) is 10.6 Å². The van der Waals surface area contributed by atoms with Gasteiger partial charge in [-0.25, -0.2) is 0 Å². The number of carbonyl (C=O) groups excluding carboxylic acids is 1. The first kappa shape index (κ1) is 12.8. The van der Waals surface area contributed by atoms with Crippen LogP contribution in [0.3, 0.4) is 0 Å². The van der Waals surface area contributed by atoms with Crippen molar-refractivity contribution in [3.8, 4) is 0 Å². The Bertz CT molecular complexity index is 363. The van der Waals surface area contributed by atoms with Gasteiger partial charge in [-0.2, -0.15) is 0 Å². The maximum absolute atomic E-state index is 11.4. The van der Waals surface area contributed by atoms with Crippen molar-refractivity contribution in [3.63, 3.8) is 0 Å². The predicted molar refractivity (Wildman–Crippen MR) is 64.2 cm³/mol. The van der Waals surface area contributed by atoms with Gasteiger partial charge in [-0.3, -0.25) is 9.69 Å². The lowest BCUT2D eigenvalue weighted by molar-refractivity contribution is -0.121. The van der Waals surface area contributed by atoms with E-state index in [0.29, 0.717) is 19.6 Å². The molecule has 0 spiro atoms. The molecule has 1 amide bonds. The highest BCUT2D eigenvalue weighted by molar-refractivity contribution is 7.05. The van der Waals surface area contributed by atoms with Gasteiger partial charge >= 0.3 is 0 Å². The zero-order valence-corrected chi connectivity index (χ0v) is 10.4. The van der Waals surface area contributed by atoms with Crippen LogP contribution in [0, 0.1) is 6.92 Å². The summed E-state index contributed by atoms with van der Waals surface area (Å²) in [7, 11) is 1.90. The Morgan fingerprint density at radius 3 is 3.00 bits per heavy atom. The van der Waals surface area contributed by atoms with Gasteiger partial charge in [0.15, 0.2) is 0 Å². The molecule has 1 aromatic heterocycles. The van der Waals surface area contributed by atoms with Crippen LogP contribution in [-0.4, -0.2) is 40.5 Å². The van der Waals surface area contributed by atoms with E-state index in [1.807, 2.05) is 18.9 Å². The van der Waals surface area contributed by atoms with Crippen LogP contribution in [0.5, 0.6) is 0 Å². The molecule has 0 aliphatic carbocycles. The maximum Gasteiger partial charge on any atom is 0.234 e. The zero-order chi connectivity index (χ0) is 12.0. The minimum atomic E-state index is -0.00229. The van der Waals surface area contributed by atoms with Crippen LogP contribution in [0.25, 0.3) is 0 Å². The van der Waals surface area contributed by atoms with E-state index in [4.69, 9.17) is 0 Å². The van der Waals surface area contributed by atoms with Crippen LogP contribution < -0.4 is 5.32 Å². The largest absolute Gasteiger partial charge is 0.352 e. The Hall–Kier alpha value is -1.27. The second-order valence-electron chi connectivity index (χ2n) is 3.55. The minimum Gasteiger partial charge on any atom is -0.352 e. The summed E-state index contributed by atoms with van der Waals surface area (Å²) in [5.74, 6) is -0.00229. The Labute approximate surface area is 99.3 Å². The number of nitrogens with zero attached hydrogens (tertiary/aromatic N) is 3. The lowest BCUT2D eigenvalue weighted by Crippen LogP contribution is -2.34. The smallest absolute Gasteiger partial charge is 0.234 e. The Morgan fingerprint density at radius 1 is 1.69 bits per heavy atom. The van der Waals surface area contributed by atoms with Gasteiger partial charge in [0.05, 0.1) is 17.1 Å². The molecule has 1 heterocycles. The number of aryl methyl sites for hydroxylation is 1.